The van der Waals surface area contributed by atoms with E-state index in [-0.39, 0.29) is 11.4 Å². The van der Waals surface area contributed by atoms with Gasteiger partial charge in [0.05, 0.1) is 30.9 Å². The number of nitrogens with zero attached hydrogens (tertiary/aromatic N) is 2. The summed E-state index contributed by atoms with van der Waals surface area (Å²) in [6.45, 7) is 2.82. The van der Waals surface area contributed by atoms with Crippen molar-refractivity contribution in [2.75, 3.05) is 38.3 Å². The Hall–Kier alpha value is -1.38. The fourth-order valence-electron chi connectivity index (χ4n) is 2.95. The zero-order valence-corrected chi connectivity index (χ0v) is 13.8. The van der Waals surface area contributed by atoms with Crippen LogP contribution in [0, 0.1) is 10.1 Å². The molecule has 120 valence electrons. The van der Waals surface area contributed by atoms with Gasteiger partial charge < -0.3 is 19.1 Å². The van der Waals surface area contributed by atoms with E-state index in [9.17, 15) is 10.1 Å². The summed E-state index contributed by atoms with van der Waals surface area (Å²) in [6, 6.07) is 3.19. The number of ether oxygens (including phenoxy) is 3. The highest BCUT2D eigenvalue weighted by Crippen LogP contribution is 2.40. The van der Waals surface area contributed by atoms with Gasteiger partial charge in [0.2, 0.25) is 0 Å². The minimum atomic E-state index is -0.446. The average Bonchev–Trinajstić information content (AvgIpc) is 2.96. The summed E-state index contributed by atoms with van der Waals surface area (Å²) < 4.78 is 17.3. The zero-order valence-electron chi connectivity index (χ0n) is 12.2. The summed E-state index contributed by atoms with van der Waals surface area (Å²) in [7, 11) is 1.44. The largest absolute Gasteiger partial charge is 0.490 e. The molecule has 2 aliphatic rings. The lowest BCUT2D eigenvalue weighted by molar-refractivity contribution is -0.385. The van der Waals surface area contributed by atoms with E-state index in [4.69, 9.17) is 14.2 Å². The predicted molar refractivity (Wildman–Crippen MR) is 83.4 cm³/mol. The van der Waals surface area contributed by atoms with Gasteiger partial charge in [-0.05, 0) is 15.9 Å². The standard InChI is InChI=1S/C14H17BrN2O5/c1-20-13-9-11(10(15)8-12(13)17(18)19)16-4-2-14(3-5-16)21-6-7-22-14/h8-9H,2-7H2,1H3. The van der Waals surface area contributed by atoms with Crippen LogP contribution in [0.5, 0.6) is 5.75 Å². The van der Waals surface area contributed by atoms with Crippen molar-refractivity contribution in [2.24, 2.45) is 0 Å². The van der Waals surface area contributed by atoms with Gasteiger partial charge in [0.1, 0.15) is 0 Å². The van der Waals surface area contributed by atoms with Crippen molar-refractivity contribution >= 4 is 27.3 Å². The lowest BCUT2D eigenvalue weighted by Crippen LogP contribution is -2.45. The van der Waals surface area contributed by atoms with Crippen molar-refractivity contribution in [1.29, 1.82) is 0 Å². The van der Waals surface area contributed by atoms with E-state index < -0.39 is 10.7 Å². The van der Waals surface area contributed by atoms with Crippen LogP contribution in [0.3, 0.4) is 0 Å². The highest BCUT2D eigenvalue weighted by Gasteiger charge is 2.40. The maximum atomic E-state index is 11.0. The molecule has 2 aliphatic heterocycles. The molecule has 1 aromatic carbocycles. The fraction of sp³-hybridized carbons (Fsp3) is 0.571. The number of nitro benzene ring substituents is 1. The smallest absolute Gasteiger partial charge is 0.312 e. The molecule has 0 aromatic heterocycles. The van der Waals surface area contributed by atoms with Crippen LogP contribution >= 0.6 is 15.9 Å². The molecule has 0 aliphatic carbocycles. The van der Waals surface area contributed by atoms with Gasteiger partial charge in [-0.2, -0.15) is 0 Å². The molecule has 0 amide bonds. The number of methoxy groups -OCH3 is 1. The molecule has 8 heteroatoms. The van der Waals surface area contributed by atoms with Gasteiger partial charge >= 0.3 is 5.69 Å². The summed E-state index contributed by atoms with van der Waals surface area (Å²) in [5.41, 5.74) is 0.837. The van der Waals surface area contributed by atoms with Crippen LogP contribution in [0.1, 0.15) is 12.8 Å². The number of rotatable bonds is 3. The maximum absolute atomic E-state index is 11.0. The summed E-state index contributed by atoms with van der Waals surface area (Å²) in [5, 5.41) is 11.0. The number of hydrogen-bond acceptors (Lipinski definition) is 6. The molecule has 22 heavy (non-hydrogen) atoms. The normalized spacial score (nSPS) is 20.4. The Morgan fingerprint density at radius 2 is 1.95 bits per heavy atom. The predicted octanol–water partition coefficient (Wildman–Crippen LogP) is 2.71. The molecule has 0 unspecified atom stereocenters. The third-order valence-corrected chi connectivity index (χ3v) is 4.76. The number of benzene rings is 1. The first-order valence-electron chi connectivity index (χ1n) is 7.09. The van der Waals surface area contributed by atoms with Gasteiger partial charge in [-0.25, -0.2) is 0 Å². The van der Waals surface area contributed by atoms with Crippen LogP contribution < -0.4 is 9.64 Å². The monoisotopic (exact) mass is 372 g/mol. The molecule has 0 bridgehead atoms. The number of anilines is 1. The molecule has 2 fully saturated rings. The molecule has 2 saturated heterocycles. The second-order valence-corrected chi connectivity index (χ2v) is 6.18. The van der Waals surface area contributed by atoms with Crippen LogP contribution in [0.4, 0.5) is 11.4 Å². The molecule has 1 spiro atoms. The highest BCUT2D eigenvalue weighted by molar-refractivity contribution is 9.10. The SMILES string of the molecule is COc1cc(N2CCC3(CC2)OCCO3)c(Br)cc1[N+](=O)[O-]. The number of nitro groups is 1. The topological polar surface area (TPSA) is 74.1 Å². The van der Waals surface area contributed by atoms with E-state index in [1.54, 1.807) is 6.07 Å². The van der Waals surface area contributed by atoms with Crippen molar-refractivity contribution in [3.05, 3.63) is 26.7 Å². The average molecular weight is 373 g/mol. The zero-order chi connectivity index (χ0) is 15.7. The Bertz CT molecular complexity index is 579. The first-order chi connectivity index (χ1) is 10.5. The summed E-state index contributed by atoms with van der Waals surface area (Å²) >= 11 is 3.43. The quantitative estimate of drug-likeness (QED) is 0.599. The summed E-state index contributed by atoms with van der Waals surface area (Å²) in [6.07, 6.45) is 1.55. The van der Waals surface area contributed by atoms with E-state index in [2.05, 4.69) is 20.8 Å². The van der Waals surface area contributed by atoms with Crippen LogP contribution in [0.15, 0.2) is 16.6 Å². The second kappa shape index (κ2) is 6.02. The number of halogens is 1. The van der Waals surface area contributed by atoms with Crippen molar-refractivity contribution in [3.8, 4) is 5.75 Å². The van der Waals surface area contributed by atoms with E-state index in [0.29, 0.717) is 17.7 Å². The molecule has 0 saturated carbocycles. The minimum Gasteiger partial charge on any atom is -0.490 e. The first kappa shape index (κ1) is 15.5. The first-order valence-corrected chi connectivity index (χ1v) is 7.89. The molecule has 0 atom stereocenters. The van der Waals surface area contributed by atoms with Gasteiger partial charge in [-0.3, -0.25) is 10.1 Å². The van der Waals surface area contributed by atoms with Crippen LogP contribution in [0.2, 0.25) is 0 Å². The molecule has 0 N–H and O–H groups in total. The Balaban J connectivity index is 1.82. The molecular formula is C14H17BrN2O5. The van der Waals surface area contributed by atoms with E-state index in [1.807, 2.05) is 0 Å². The molecule has 2 heterocycles. The van der Waals surface area contributed by atoms with Crippen LogP contribution in [-0.4, -0.2) is 44.1 Å². The van der Waals surface area contributed by atoms with Crippen LogP contribution in [0.25, 0.3) is 0 Å². The van der Waals surface area contributed by atoms with Gasteiger partial charge in [-0.1, -0.05) is 0 Å². The van der Waals surface area contributed by atoms with E-state index in [1.165, 1.54) is 13.2 Å². The van der Waals surface area contributed by atoms with Gasteiger partial charge in [0, 0.05) is 42.5 Å². The Morgan fingerprint density at radius 3 is 2.50 bits per heavy atom. The fourth-order valence-corrected chi connectivity index (χ4v) is 3.54. The van der Waals surface area contributed by atoms with Gasteiger partial charge in [0.25, 0.3) is 0 Å². The third-order valence-electron chi connectivity index (χ3n) is 4.12. The Morgan fingerprint density at radius 1 is 1.32 bits per heavy atom. The molecule has 3 rings (SSSR count). The highest BCUT2D eigenvalue weighted by atomic mass is 79.9. The molecular weight excluding hydrogens is 356 g/mol. The van der Waals surface area contributed by atoms with E-state index in [0.717, 1.165) is 31.6 Å². The molecule has 1 aromatic rings. The minimum absolute atomic E-state index is 0.0472. The Kier molecular flexibility index (Phi) is 4.24. The van der Waals surface area contributed by atoms with E-state index >= 15 is 0 Å². The lowest BCUT2D eigenvalue weighted by atomic mass is 10.0. The van der Waals surface area contributed by atoms with Gasteiger partial charge in [0.15, 0.2) is 11.5 Å². The van der Waals surface area contributed by atoms with Crippen molar-refractivity contribution in [2.45, 2.75) is 18.6 Å². The van der Waals surface area contributed by atoms with Crippen molar-refractivity contribution in [3.63, 3.8) is 0 Å². The Labute approximate surface area is 136 Å². The molecule has 0 radical (unpaired) electrons. The third kappa shape index (κ3) is 2.78. The number of piperidine rings is 1. The number of hydrogen-bond donors (Lipinski definition) is 0. The van der Waals surface area contributed by atoms with Crippen molar-refractivity contribution in [1.82, 2.24) is 0 Å². The second-order valence-electron chi connectivity index (χ2n) is 5.33. The van der Waals surface area contributed by atoms with Crippen LogP contribution in [-0.2, 0) is 9.47 Å². The lowest BCUT2D eigenvalue weighted by Gasteiger charge is -2.39. The summed E-state index contributed by atoms with van der Waals surface area (Å²) in [5.74, 6) is -0.176. The maximum Gasteiger partial charge on any atom is 0.312 e. The van der Waals surface area contributed by atoms with Crippen molar-refractivity contribution < 1.29 is 19.1 Å². The molecule has 7 nitrogen and oxygen atoms in total. The summed E-state index contributed by atoms with van der Waals surface area (Å²) in [4.78, 5) is 12.8. The van der Waals surface area contributed by atoms with Gasteiger partial charge in [-0.15, -0.1) is 0 Å².